The van der Waals surface area contributed by atoms with Gasteiger partial charge in [-0.1, -0.05) is 23.2 Å². The molecule has 2 aromatic carbocycles. The van der Waals surface area contributed by atoms with Crippen molar-refractivity contribution in [1.29, 1.82) is 0 Å². The molecule has 0 amide bonds. The predicted molar refractivity (Wildman–Crippen MR) is 106 cm³/mol. The van der Waals surface area contributed by atoms with Crippen molar-refractivity contribution in [3.05, 3.63) is 68.4 Å². The predicted octanol–water partition coefficient (Wildman–Crippen LogP) is 3.68. The van der Waals surface area contributed by atoms with Crippen LogP contribution in [-0.2, 0) is 12.6 Å². The number of hydrogen-bond acceptors (Lipinski definition) is 4. The summed E-state index contributed by atoms with van der Waals surface area (Å²) >= 11 is 12.5. The number of halogens is 3. The van der Waals surface area contributed by atoms with Crippen LogP contribution in [0.15, 0.2) is 41.5 Å². The number of nitrogens with zero attached hydrogens (tertiary/aromatic N) is 2. The smallest absolute Gasteiger partial charge is 0.260 e. The number of aromatic nitrogens is 2. The molecule has 3 aromatic rings. The molecule has 2 heterocycles. The van der Waals surface area contributed by atoms with Gasteiger partial charge in [-0.25, -0.2) is 9.37 Å². The fourth-order valence-corrected chi connectivity index (χ4v) is 4.10. The first-order chi connectivity index (χ1) is 12.9. The lowest BCUT2D eigenvalue weighted by atomic mass is 9.88. The summed E-state index contributed by atoms with van der Waals surface area (Å²) < 4.78 is 16.1. The number of hydrogen-bond donors (Lipinski definition) is 2. The molecule has 27 heavy (non-hydrogen) atoms. The Hall–Kier alpha value is -2.15. The first-order valence-corrected chi connectivity index (χ1v) is 9.25. The lowest BCUT2D eigenvalue weighted by Crippen LogP contribution is -2.39. The van der Waals surface area contributed by atoms with E-state index in [2.05, 4.69) is 15.6 Å². The van der Waals surface area contributed by atoms with Crippen molar-refractivity contribution in [2.24, 2.45) is 7.05 Å². The Labute approximate surface area is 165 Å². The van der Waals surface area contributed by atoms with Crippen molar-refractivity contribution in [2.75, 3.05) is 18.4 Å². The third kappa shape index (κ3) is 3.08. The highest BCUT2D eigenvalue weighted by Crippen LogP contribution is 2.41. The van der Waals surface area contributed by atoms with E-state index in [1.165, 1.54) is 23.0 Å². The highest BCUT2D eigenvalue weighted by atomic mass is 35.5. The highest BCUT2D eigenvalue weighted by Gasteiger charge is 2.40. The zero-order valence-corrected chi connectivity index (χ0v) is 16.0. The zero-order valence-electron chi connectivity index (χ0n) is 14.5. The van der Waals surface area contributed by atoms with Crippen LogP contribution in [0.3, 0.4) is 0 Å². The topological polar surface area (TPSA) is 59.0 Å². The van der Waals surface area contributed by atoms with Crippen molar-refractivity contribution in [3.8, 4) is 0 Å². The van der Waals surface area contributed by atoms with Gasteiger partial charge in [0.05, 0.1) is 32.8 Å². The van der Waals surface area contributed by atoms with Crippen LogP contribution in [0.1, 0.15) is 12.0 Å². The number of fused-ring (bicyclic) bond motifs is 1. The van der Waals surface area contributed by atoms with Crippen LogP contribution in [0, 0.1) is 5.82 Å². The fourth-order valence-electron chi connectivity index (χ4n) is 3.61. The molecule has 0 bridgehead atoms. The van der Waals surface area contributed by atoms with E-state index < -0.39 is 11.4 Å². The molecular weight excluding hydrogens is 390 g/mol. The van der Waals surface area contributed by atoms with Crippen molar-refractivity contribution >= 4 is 39.8 Å². The van der Waals surface area contributed by atoms with E-state index in [1.807, 2.05) is 6.07 Å². The van der Waals surface area contributed by atoms with Gasteiger partial charge in [0.15, 0.2) is 0 Å². The molecule has 0 radical (unpaired) electrons. The highest BCUT2D eigenvalue weighted by molar-refractivity contribution is 6.42. The van der Waals surface area contributed by atoms with Crippen molar-refractivity contribution in [3.63, 3.8) is 0 Å². The molecule has 1 aromatic heterocycles. The lowest BCUT2D eigenvalue weighted by Gasteiger charge is -2.33. The molecule has 0 saturated carbocycles. The second kappa shape index (κ2) is 6.78. The summed E-state index contributed by atoms with van der Waals surface area (Å²) in [6, 6.07) is 8.10. The molecule has 2 N–H and O–H groups in total. The first-order valence-electron chi connectivity index (χ1n) is 8.49. The Morgan fingerprint density at radius 2 is 2.11 bits per heavy atom. The fraction of sp³-hybridized carbons (Fsp3) is 0.263. The molecule has 0 aliphatic carbocycles. The Balaban J connectivity index is 1.84. The zero-order chi connectivity index (χ0) is 19.2. The first kappa shape index (κ1) is 18.2. The minimum absolute atomic E-state index is 0.144. The van der Waals surface area contributed by atoms with Gasteiger partial charge in [0, 0.05) is 24.8 Å². The van der Waals surface area contributed by atoms with Gasteiger partial charge in [0.1, 0.15) is 5.82 Å². The summed E-state index contributed by atoms with van der Waals surface area (Å²) in [6.45, 7) is 1.18. The summed E-state index contributed by atoms with van der Waals surface area (Å²) in [5.74, 6) is -0.418. The van der Waals surface area contributed by atoms with E-state index in [9.17, 15) is 9.18 Å². The van der Waals surface area contributed by atoms with Crippen LogP contribution in [0.2, 0.25) is 10.0 Å². The van der Waals surface area contributed by atoms with E-state index in [0.29, 0.717) is 46.7 Å². The van der Waals surface area contributed by atoms with Crippen LogP contribution in [0.5, 0.6) is 0 Å². The number of anilines is 1. The minimum atomic E-state index is -0.771. The average molecular weight is 407 g/mol. The molecule has 1 aliphatic heterocycles. The van der Waals surface area contributed by atoms with Gasteiger partial charge in [-0.05, 0) is 43.3 Å². The summed E-state index contributed by atoms with van der Waals surface area (Å²) in [6.07, 6.45) is 2.11. The van der Waals surface area contributed by atoms with Crippen LogP contribution >= 0.6 is 23.2 Å². The molecule has 1 atom stereocenters. The van der Waals surface area contributed by atoms with E-state index >= 15 is 0 Å². The van der Waals surface area contributed by atoms with Crippen LogP contribution in [0.25, 0.3) is 10.9 Å². The lowest BCUT2D eigenvalue weighted by molar-refractivity contribution is 0.496. The van der Waals surface area contributed by atoms with E-state index in [4.69, 9.17) is 23.2 Å². The quantitative estimate of drug-likeness (QED) is 0.651. The second-order valence-corrected chi connectivity index (χ2v) is 7.53. The Morgan fingerprint density at radius 3 is 2.85 bits per heavy atom. The third-order valence-electron chi connectivity index (χ3n) is 4.98. The molecule has 0 spiro atoms. The van der Waals surface area contributed by atoms with Crippen LogP contribution < -0.4 is 16.2 Å². The average Bonchev–Trinajstić information content (AvgIpc) is 3.11. The van der Waals surface area contributed by atoms with E-state index in [-0.39, 0.29) is 10.6 Å². The maximum atomic E-state index is 14.7. The second-order valence-electron chi connectivity index (χ2n) is 6.74. The number of aryl methyl sites for hydroxylation is 1. The number of nitrogens with one attached hydrogen (secondary N) is 2. The van der Waals surface area contributed by atoms with Crippen LogP contribution in [-0.4, -0.2) is 22.6 Å². The maximum absolute atomic E-state index is 14.7. The Kier molecular flexibility index (Phi) is 4.58. The van der Waals surface area contributed by atoms with Crippen LogP contribution in [0.4, 0.5) is 10.1 Å². The van der Waals surface area contributed by atoms with Crippen molar-refractivity contribution in [2.45, 2.75) is 12.0 Å². The SMILES string of the molecule is Cn1cnc2ccc(NC3(c4c(F)ccc(Cl)c4Cl)CCNC3)cc2c1=O. The van der Waals surface area contributed by atoms with Gasteiger partial charge < -0.3 is 15.2 Å². The largest absolute Gasteiger partial charge is 0.374 e. The molecule has 8 heteroatoms. The monoisotopic (exact) mass is 406 g/mol. The molecule has 1 aliphatic rings. The minimum Gasteiger partial charge on any atom is -0.374 e. The molecule has 1 fully saturated rings. The summed E-state index contributed by atoms with van der Waals surface area (Å²) in [7, 11) is 1.65. The van der Waals surface area contributed by atoms with E-state index in [1.54, 1.807) is 19.2 Å². The number of benzene rings is 2. The molecule has 1 saturated heterocycles. The van der Waals surface area contributed by atoms with Gasteiger partial charge in [0.2, 0.25) is 0 Å². The van der Waals surface area contributed by atoms with Gasteiger partial charge >= 0.3 is 0 Å². The standard InChI is InChI=1S/C19H17Cl2FN4O/c1-26-10-24-15-5-2-11(8-12(15)18(26)27)25-19(6-7-23-9-19)16-14(22)4-3-13(20)17(16)21/h2-5,8,10,23,25H,6-7,9H2,1H3. The van der Waals surface area contributed by atoms with Gasteiger partial charge in [-0.2, -0.15) is 0 Å². The van der Waals surface area contributed by atoms with Crippen molar-refractivity contribution < 1.29 is 4.39 Å². The van der Waals surface area contributed by atoms with Gasteiger partial charge in [0.25, 0.3) is 5.56 Å². The summed E-state index contributed by atoms with van der Waals surface area (Å²) in [5, 5.41) is 7.64. The summed E-state index contributed by atoms with van der Waals surface area (Å²) in [4.78, 5) is 16.7. The molecule has 1 unspecified atom stereocenters. The maximum Gasteiger partial charge on any atom is 0.260 e. The number of rotatable bonds is 3. The van der Waals surface area contributed by atoms with Gasteiger partial charge in [-0.3, -0.25) is 4.79 Å². The molecule has 4 rings (SSSR count). The van der Waals surface area contributed by atoms with Gasteiger partial charge in [-0.15, -0.1) is 0 Å². The molecule has 140 valence electrons. The Morgan fingerprint density at radius 1 is 1.30 bits per heavy atom. The summed E-state index contributed by atoms with van der Waals surface area (Å²) in [5.41, 5.74) is 0.712. The van der Waals surface area contributed by atoms with E-state index in [0.717, 1.165) is 0 Å². The van der Waals surface area contributed by atoms with Crippen molar-refractivity contribution in [1.82, 2.24) is 14.9 Å². The third-order valence-corrected chi connectivity index (χ3v) is 5.78. The molecular formula is C19H17Cl2FN4O. The molecule has 5 nitrogen and oxygen atoms in total. The normalized spacial score (nSPS) is 19.6. The Bertz CT molecular complexity index is 1090.